The molecule has 0 saturated heterocycles. The molecule has 0 bridgehead atoms. The number of halogens is 1. The van der Waals surface area contributed by atoms with Crippen LogP contribution in [0.4, 0.5) is 4.39 Å². The molecule has 0 aliphatic carbocycles. The lowest BCUT2D eigenvalue weighted by atomic mass is 10.00. The summed E-state index contributed by atoms with van der Waals surface area (Å²) in [6, 6.07) is 19.0. The highest BCUT2D eigenvalue weighted by atomic mass is 19.1. The van der Waals surface area contributed by atoms with Crippen LogP contribution < -0.4 is 5.32 Å². The largest absolute Gasteiger partial charge is 0.452 e. The second-order valence-electron chi connectivity index (χ2n) is 5.91. The molecule has 1 atom stereocenters. The summed E-state index contributed by atoms with van der Waals surface area (Å²) < 4.78 is 18.4. The Balaban J connectivity index is 1.63. The molecule has 1 N–H and O–H groups in total. The van der Waals surface area contributed by atoms with Crippen molar-refractivity contribution in [3.8, 4) is 0 Å². The molecule has 0 spiro atoms. The van der Waals surface area contributed by atoms with E-state index in [1.807, 2.05) is 49.4 Å². The molecule has 3 aromatic rings. The summed E-state index contributed by atoms with van der Waals surface area (Å²) in [7, 11) is 0. The molecule has 0 heterocycles. The number of hydrogen-bond donors (Lipinski definition) is 1. The van der Waals surface area contributed by atoms with Gasteiger partial charge in [-0.15, -0.1) is 0 Å². The molecular weight excluding hydrogens is 333 g/mol. The third-order valence-electron chi connectivity index (χ3n) is 4.10. The lowest BCUT2D eigenvalue weighted by molar-refractivity contribution is -0.124. The minimum atomic E-state index is -0.865. The zero-order chi connectivity index (χ0) is 18.5. The van der Waals surface area contributed by atoms with Crippen LogP contribution in [0.3, 0.4) is 0 Å². The van der Waals surface area contributed by atoms with E-state index in [1.165, 1.54) is 24.3 Å². The molecule has 0 aliphatic heterocycles. The molecule has 4 nitrogen and oxygen atoms in total. The van der Waals surface area contributed by atoms with Crippen LogP contribution in [0.1, 0.15) is 28.9 Å². The van der Waals surface area contributed by atoms with Gasteiger partial charge in [-0.05, 0) is 35.4 Å². The van der Waals surface area contributed by atoms with Crippen molar-refractivity contribution in [3.05, 3.63) is 83.7 Å². The van der Waals surface area contributed by atoms with E-state index in [0.29, 0.717) is 0 Å². The summed E-state index contributed by atoms with van der Waals surface area (Å²) in [5.74, 6) is -1.99. The Labute approximate surface area is 150 Å². The Morgan fingerprint density at radius 3 is 2.50 bits per heavy atom. The summed E-state index contributed by atoms with van der Waals surface area (Å²) in [5, 5.41) is 4.93. The van der Waals surface area contributed by atoms with E-state index in [-0.39, 0.29) is 11.6 Å². The van der Waals surface area contributed by atoms with Gasteiger partial charge in [-0.25, -0.2) is 9.18 Å². The number of benzene rings is 3. The highest BCUT2D eigenvalue weighted by Gasteiger charge is 2.16. The molecule has 0 aromatic heterocycles. The van der Waals surface area contributed by atoms with Gasteiger partial charge in [0.2, 0.25) is 0 Å². The molecule has 132 valence electrons. The van der Waals surface area contributed by atoms with Gasteiger partial charge in [0.1, 0.15) is 5.82 Å². The predicted molar refractivity (Wildman–Crippen MR) is 97.2 cm³/mol. The van der Waals surface area contributed by atoms with Gasteiger partial charge in [0.15, 0.2) is 6.61 Å². The summed E-state index contributed by atoms with van der Waals surface area (Å²) in [6.07, 6.45) is 0. The maximum absolute atomic E-state index is 13.5. The van der Waals surface area contributed by atoms with E-state index in [2.05, 4.69) is 5.32 Å². The van der Waals surface area contributed by atoms with Crippen molar-refractivity contribution >= 4 is 22.6 Å². The zero-order valence-electron chi connectivity index (χ0n) is 14.2. The van der Waals surface area contributed by atoms with Crippen molar-refractivity contribution in [1.29, 1.82) is 0 Å². The highest BCUT2D eigenvalue weighted by Crippen LogP contribution is 2.23. The molecule has 0 aliphatic rings. The Bertz CT molecular complexity index is 949. The fourth-order valence-corrected chi connectivity index (χ4v) is 2.82. The average Bonchev–Trinajstić information content (AvgIpc) is 2.66. The number of esters is 1. The first-order chi connectivity index (χ1) is 12.6. The van der Waals surface area contributed by atoms with Crippen LogP contribution in [0.2, 0.25) is 0 Å². The quantitative estimate of drug-likeness (QED) is 0.707. The van der Waals surface area contributed by atoms with Crippen LogP contribution in [0.5, 0.6) is 0 Å². The van der Waals surface area contributed by atoms with Crippen LogP contribution >= 0.6 is 0 Å². The van der Waals surface area contributed by atoms with E-state index in [1.54, 1.807) is 0 Å². The number of carbonyl (C=O) groups is 2. The van der Waals surface area contributed by atoms with Gasteiger partial charge in [0.25, 0.3) is 5.91 Å². The van der Waals surface area contributed by atoms with Gasteiger partial charge in [0.05, 0.1) is 11.6 Å². The second kappa shape index (κ2) is 7.78. The van der Waals surface area contributed by atoms with Crippen molar-refractivity contribution in [2.45, 2.75) is 13.0 Å². The van der Waals surface area contributed by atoms with Crippen LogP contribution in [0.15, 0.2) is 66.7 Å². The predicted octanol–water partition coefficient (Wildman–Crippen LogP) is 4.01. The number of amides is 1. The molecule has 5 heteroatoms. The third-order valence-corrected chi connectivity index (χ3v) is 4.10. The lowest BCUT2D eigenvalue weighted by Gasteiger charge is -2.16. The van der Waals surface area contributed by atoms with E-state index in [0.717, 1.165) is 16.3 Å². The first-order valence-corrected chi connectivity index (χ1v) is 8.25. The van der Waals surface area contributed by atoms with Gasteiger partial charge in [0, 0.05) is 0 Å². The molecule has 0 saturated carbocycles. The first kappa shape index (κ1) is 17.6. The monoisotopic (exact) mass is 351 g/mol. The highest BCUT2D eigenvalue weighted by molar-refractivity contribution is 5.92. The Kier molecular flexibility index (Phi) is 5.27. The van der Waals surface area contributed by atoms with Crippen molar-refractivity contribution in [1.82, 2.24) is 5.32 Å². The van der Waals surface area contributed by atoms with Crippen molar-refractivity contribution in [3.63, 3.8) is 0 Å². The maximum atomic E-state index is 13.5. The number of rotatable bonds is 5. The fourth-order valence-electron chi connectivity index (χ4n) is 2.82. The zero-order valence-corrected chi connectivity index (χ0v) is 14.2. The minimum Gasteiger partial charge on any atom is -0.452 e. The number of nitrogens with one attached hydrogen (secondary N) is 1. The van der Waals surface area contributed by atoms with Gasteiger partial charge < -0.3 is 10.1 Å². The number of fused-ring (bicyclic) bond motifs is 1. The average molecular weight is 351 g/mol. The van der Waals surface area contributed by atoms with E-state index in [4.69, 9.17) is 4.74 Å². The minimum absolute atomic E-state index is 0.192. The van der Waals surface area contributed by atoms with Crippen molar-refractivity contribution in [2.75, 3.05) is 6.61 Å². The summed E-state index contributed by atoms with van der Waals surface area (Å²) in [4.78, 5) is 24.0. The van der Waals surface area contributed by atoms with Crippen LogP contribution in [0, 0.1) is 5.82 Å². The topological polar surface area (TPSA) is 55.4 Å². The van der Waals surface area contributed by atoms with Gasteiger partial charge >= 0.3 is 5.97 Å². The van der Waals surface area contributed by atoms with E-state index < -0.39 is 24.3 Å². The maximum Gasteiger partial charge on any atom is 0.341 e. The molecule has 1 amide bonds. The fraction of sp³-hybridized carbons (Fsp3) is 0.143. The Morgan fingerprint density at radius 1 is 1.00 bits per heavy atom. The lowest BCUT2D eigenvalue weighted by Crippen LogP contribution is -2.31. The Hall–Kier alpha value is -3.21. The van der Waals surface area contributed by atoms with Crippen molar-refractivity contribution < 1.29 is 18.7 Å². The molecule has 26 heavy (non-hydrogen) atoms. The third kappa shape index (κ3) is 3.88. The number of ether oxygens (including phenoxy) is 1. The van der Waals surface area contributed by atoms with Crippen molar-refractivity contribution in [2.24, 2.45) is 0 Å². The SMILES string of the molecule is C[C@H](NC(=O)COC(=O)c1ccccc1F)c1cccc2ccccc12. The smallest absolute Gasteiger partial charge is 0.341 e. The summed E-state index contributed by atoms with van der Waals surface area (Å²) in [5.41, 5.74) is 0.777. The van der Waals surface area contributed by atoms with Crippen LogP contribution in [-0.4, -0.2) is 18.5 Å². The molecule has 0 radical (unpaired) electrons. The second-order valence-corrected chi connectivity index (χ2v) is 5.91. The molecule has 0 unspecified atom stereocenters. The van der Waals surface area contributed by atoms with Crippen LogP contribution in [0.25, 0.3) is 10.8 Å². The standard InChI is InChI=1S/C21H18FNO3/c1-14(16-11-6-8-15-7-2-3-9-17(15)16)23-20(24)13-26-21(25)18-10-4-5-12-19(18)22/h2-12,14H,13H2,1H3,(H,23,24)/t14-/m0/s1. The first-order valence-electron chi connectivity index (χ1n) is 8.25. The number of hydrogen-bond acceptors (Lipinski definition) is 3. The van der Waals surface area contributed by atoms with E-state index in [9.17, 15) is 14.0 Å². The summed E-state index contributed by atoms with van der Waals surface area (Å²) in [6.45, 7) is 1.39. The van der Waals surface area contributed by atoms with Gasteiger partial charge in [-0.2, -0.15) is 0 Å². The number of carbonyl (C=O) groups excluding carboxylic acids is 2. The Morgan fingerprint density at radius 2 is 1.69 bits per heavy atom. The molecule has 3 rings (SSSR count). The van der Waals surface area contributed by atoms with Crippen LogP contribution in [-0.2, 0) is 9.53 Å². The molecule has 0 fully saturated rings. The molecular formula is C21H18FNO3. The van der Waals surface area contributed by atoms with E-state index >= 15 is 0 Å². The normalized spacial score (nSPS) is 11.8. The van der Waals surface area contributed by atoms with Gasteiger partial charge in [-0.1, -0.05) is 54.6 Å². The summed E-state index contributed by atoms with van der Waals surface area (Å²) >= 11 is 0. The molecule has 3 aromatic carbocycles. The van der Waals surface area contributed by atoms with Gasteiger partial charge in [-0.3, -0.25) is 4.79 Å².